The van der Waals surface area contributed by atoms with Gasteiger partial charge in [0, 0.05) is 12.3 Å². The van der Waals surface area contributed by atoms with Crippen molar-refractivity contribution in [3.05, 3.63) is 65.5 Å². The molecule has 0 aliphatic carbocycles. The molecule has 0 saturated heterocycles. The van der Waals surface area contributed by atoms with Gasteiger partial charge in [-0.15, -0.1) is 11.6 Å². The summed E-state index contributed by atoms with van der Waals surface area (Å²) in [6.07, 6.45) is 2.83. The Morgan fingerprint density at radius 1 is 1.08 bits per heavy atom. The molecule has 0 bridgehead atoms. The first kappa shape index (κ1) is 27.4. The Hall–Kier alpha value is -3.19. The summed E-state index contributed by atoms with van der Waals surface area (Å²) in [5.41, 5.74) is 2.19. The number of benzene rings is 2. The third kappa shape index (κ3) is 6.94. The lowest BCUT2D eigenvalue weighted by Crippen LogP contribution is -2.32. The second-order valence-electron chi connectivity index (χ2n) is 9.76. The Morgan fingerprint density at radius 2 is 1.75 bits per heavy atom. The fourth-order valence-corrected chi connectivity index (χ4v) is 4.27. The molecule has 0 fully saturated rings. The summed E-state index contributed by atoms with van der Waals surface area (Å²) in [4.78, 5) is 31.2. The number of alkyl halides is 1. The zero-order valence-electron chi connectivity index (χ0n) is 21.4. The molecule has 2 N–H and O–H groups in total. The van der Waals surface area contributed by atoms with Gasteiger partial charge >= 0.3 is 5.97 Å². The monoisotopic (exact) mass is 510 g/mol. The summed E-state index contributed by atoms with van der Waals surface area (Å²) in [7, 11) is 0. The molecule has 1 amide bonds. The number of nitrogens with one attached hydrogen (secondary N) is 2. The number of hydrogen-bond acceptors (Lipinski definition) is 5. The Bertz CT molecular complexity index is 1230. The van der Waals surface area contributed by atoms with Gasteiger partial charge in [0.2, 0.25) is 0 Å². The van der Waals surface area contributed by atoms with Crippen LogP contribution < -0.4 is 5.32 Å². The topological polar surface area (TPSA) is 97.1 Å². The van der Waals surface area contributed by atoms with Crippen LogP contribution in [0, 0.1) is 5.41 Å². The number of unbranched alkanes of at least 4 members (excludes halogenated alkanes) is 1. The highest BCUT2D eigenvalue weighted by atomic mass is 35.5. The van der Waals surface area contributed by atoms with E-state index in [1.54, 1.807) is 45.0 Å². The number of imidazole rings is 1. The standard InChI is InChI=1S/C28H35ClN4O3/c1-5-33-24-17-11-10-15-22(24)31-25(33)23(16-9-6-12-19(30)18-29)32-26(34)20-13-7-8-14-21(20)27(35)36-28(2,3)4/h7-8,10-11,13-15,17,23,30H,5-6,9,12,16,18H2,1-4H3,(H,32,34)/t23-/m0/s1. The van der Waals surface area contributed by atoms with E-state index in [1.165, 1.54) is 0 Å². The average molecular weight is 511 g/mol. The van der Waals surface area contributed by atoms with Crippen LogP contribution in [0.5, 0.6) is 0 Å². The third-order valence-electron chi connectivity index (χ3n) is 5.79. The van der Waals surface area contributed by atoms with Gasteiger partial charge in [-0.05, 0) is 71.2 Å². The first-order valence-electron chi connectivity index (χ1n) is 12.3. The van der Waals surface area contributed by atoms with E-state index in [9.17, 15) is 9.59 Å². The molecule has 0 spiro atoms. The largest absolute Gasteiger partial charge is 0.456 e. The number of rotatable bonds is 11. The van der Waals surface area contributed by atoms with Crippen LogP contribution in [0.25, 0.3) is 11.0 Å². The van der Waals surface area contributed by atoms with E-state index < -0.39 is 11.6 Å². The van der Waals surface area contributed by atoms with Crippen molar-refractivity contribution in [2.24, 2.45) is 0 Å². The van der Waals surface area contributed by atoms with Gasteiger partial charge < -0.3 is 20.0 Å². The number of aromatic nitrogens is 2. The number of amides is 1. The smallest absolute Gasteiger partial charge is 0.339 e. The molecule has 0 saturated carbocycles. The summed E-state index contributed by atoms with van der Waals surface area (Å²) in [6.45, 7) is 8.14. The van der Waals surface area contributed by atoms with Gasteiger partial charge in [0.1, 0.15) is 11.4 Å². The van der Waals surface area contributed by atoms with Crippen LogP contribution in [0.15, 0.2) is 48.5 Å². The third-order valence-corrected chi connectivity index (χ3v) is 6.11. The molecule has 7 nitrogen and oxygen atoms in total. The highest BCUT2D eigenvalue weighted by molar-refractivity contribution is 6.28. The number of carbonyl (C=O) groups excluding carboxylic acids is 2. The number of fused-ring (bicyclic) bond motifs is 1. The van der Waals surface area contributed by atoms with E-state index in [4.69, 9.17) is 26.7 Å². The van der Waals surface area contributed by atoms with Crippen LogP contribution >= 0.6 is 11.6 Å². The van der Waals surface area contributed by atoms with E-state index in [1.807, 2.05) is 24.3 Å². The molecule has 36 heavy (non-hydrogen) atoms. The molecule has 8 heteroatoms. The second-order valence-corrected chi connectivity index (χ2v) is 10.0. The van der Waals surface area contributed by atoms with E-state index in [-0.39, 0.29) is 29.0 Å². The SMILES string of the molecule is CCn1c([C@H](CCCCC(=N)CCl)NC(=O)c2ccccc2C(=O)OC(C)(C)C)nc2ccccc21. The lowest BCUT2D eigenvalue weighted by Gasteiger charge is -2.22. The zero-order chi connectivity index (χ0) is 26.3. The van der Waals surface area contributed by atoms with Crippen molar-refractivity contribution in [3.8, 4) is 0 Å². The quantitative estimate of drug-likeness (QED) is 0.137. The minimum absolute atomic E-state index is 0.225. The number of halogens is 1. The Morgan fingerprint density at radius 3 is 2.42 bits per heavy atom. The molecule has 0 radical (unpaired) electrons. The number of para-hydroxylation sites is 2. The van der Waals surface area contributed by atoms with E-state index in [0.717, 1.165) is 29.7 Å². The Kier molecular flexibility index (Phi) is 9.26. The van der Waals surface area contributed by atoms with E-state index >= 15 is 0 Å². The number of esters is 1. The highest BCUT2D eigenvalue weighted by Crippen LogP contribution is 2.26. The molecule has 0 aliphatic heterocycles. The van der Waals surface area contributed by atoms with Crippen molar-refractivity contribution in [2.45, 2.75) is 71.6 Å². The molecule has 0 unspecified atom stereocenters. The first-order valence-corrected chi connectivity index (χ1v) is 12.9. The van der Waals surface area contributed by atoms with Crippen molar-refractivity contribution in [2.75, 3.05) is 5.88 Å². The van der Waals surface area contributed by atoms with Crippen LogP contribution in [-0.2, 0) is 11.3 Å². The van der Waals surface area contributed by atoms with Crippen LogP contribution in [-0.4, -0.2) is 38.6 Å². The minimum Gasteiger partial charge on any atom is -0.456 e. The van der Waals surface area contributed by atoms with Crippen LogP contribution in [0.4, 0.5) is 0 Å². The maximum Gasteiger partial charge on any atom is 0.339 e. The molecule has 3 aromatic rings. The molecule has 0 aliphatic rings. The Balaban J connectivity index is 1.91. The summed E-state index contributed by atoms with van der Waals surface area (Å²) in [6, 6.07) is 14.2. The zero-order valence-corrected chi connectivity index (χ0v) is 22.2. The number of carbonyl (C=O) groups is 2. The highest BCUT2D eigenvalue weighted by Gasteiger charge is 2.26. The molecule has 1 atom stereocenters. The van der Waals surface area contributed by atoms with Gasteiger partial charge in [-0.3, -0.25) is 4.79 Å². The molecule has 1 heterocycles. The molecule has 3 rings (SSSR count). The Labute approximate surface area is 217 Å². The lowest BCUT2D eigenvalue weighted by atomic mass is 10.0. The summed E-state index contributed by atoms with van der Waals surface area (Å²) >= 11 is 5.76. The molecular formula is C28H35ClN4O3. The first-order chi connectivity index (χ1) is 17.1. The fraction of sp³-hybridized carbons (Fsp3) is 0.429. The lowest BCUT2D eigenvalue weighted by molar-refractivity contribution is 0.00674. The van der Waals surface area contributed by atoms with Crippen molar-refractivity contribution in [1.82, 2.24) is 14.9 Å². The normalized spacial score (nSPS) is 12.4. The number of ether oxygens (including phenoxy) is 1. The van der Waals surface area contributed by atoms with Gasteiger partial charge in [-0.25, -0.2) is 9.78 Å². The summed E-state index contributed by atoms with van der Waals surface area (Å²) in [5.74, 6) is 0.108. The molecule has 1 aromatic heterocycles. The fourth-order valence-electron chi connectivity index (χ4n) is 4.14. The van der Waals surface area contributed by atoms with Crippen LogP contribution in [0.1, 0.15) is 86.0 Å². The number of hydrogen-bond donors (Lipinski definition) is 2. The van der Waals surface area contributed by atoms with E-state index in [2.05, 4.69) is 16.8 Å². The van der Waals surface area contributed by atoms with Crippen molar-refractivity contribution >= 4 is 40.2 Å². The molecule has 2 aromatic carbocycles. The summed E-state index contributed by atoms with van der Waals surface area (Å²) in [5, 5.41) is 10.9. The predicted molar refractivity (Wildman–Crippen MR) is 144 cm³/mol. The average Bonchev–Trinajstić information content (AvgIpc) is 3.23. The van der Waals surface area contributed by atoms with Gasteiger partial charge in [-0.2, -0.15) is 0 Å². The van der Waals surface area contributed by atoms with Gasteiger partial charge in [0.25, 0.3) is 5.91 Å². The maximum atomic E-state index is 13.5. The summed E-state index contributed by atoms with van der Waals surface area (Å²) < 4.78 is 7.64. The maximum absolute atomic E-state index is 13.5. The second kappa shape index (κ2) is 12.2. The van der Waals surface area contributed by atoms with Gasteiger partial charge in [0.15, 0.2) is 0 Å². The molecule has 192 valence electrons. The minimum atomic E-state index is -0.675. The van der Waals surface area contributed by atoms with Crippen molar-refractivity contribution in [1.29, 1.82) is 5.41 Å². The number of nitrogens with zero attached hydrogens (tertiary/aromatic N) is 2. The van der Waals surface area contributed by atoms with Gasteiger partial charge in [-0.1, -0.05) is 30.7 Å². The predicted octanol–water partition coefficient (Wildman–Crippen LogP) is 6.30. The molecular weight excluding hydrogens is 476 g/mol. The van der Waals surface area contributed by atoms with Gasteiger partial charge in [0.05, 0.1) is 34.1 Å². The van der Waals surface area contributed by atoms with Crippen LogP contribution in [0.3, 0.4) is 0 Å². The van der Waals surface area contributed by atoms with Crippen molar-refractivity contribution < 1.29 is 14.3 Å². The van der Waals surface area contributed by atoms with Crippen LogP contribution in [0.2, 0.25) is 0 Å². The van der Waals surface area contributed by atoms with Crippen molar-refractivity contribution in [3.63, 3.8) is 0 Å². The van der Waals surface area contributed by atoms with E-state index in [0.29, 0.717) is 25.1 Å². The number of aryl methyl sites for hydroxylation is 1.